The van der Waals surface area contributed by atoms with Gasteiger partial charge < -0.3 is 14.9 Å². The standard InChI is InChI=1S/C23H26O5/c1-23(2,27)20(22(25)26)12-7-13-21(24)28-14-19-17-10-5-3-8-15(17)16-9-4-6-11-18(16)19/h3-6,8-11,19-20,27H,7,12-14H2,1-2H3,(H,25,26)/t20-/m1/s1. The largest absolute Gasteiger partial charge is 0.481 e. The summed E-state index contributed by atoms with van der Waals surface area (Å²) in [6, 6.07) is 16.3. The van der Waals surface area contributed by atoms with Gasteiger partial charge in [-0.15, -0.1) is 0 Å². The van der Waals surface area contributed by atoms with Crippen LogP contribution in [0.4, 0.5) is 0 Å². The summed E-state index contributed by atoms with van der Waals surface area (Å²) in [6.07, 6.45) is 0.719. The molecule has 0 radical (unpaired) electrons. The summed E-state index contributed by atoms with van der Waals surface area (Å²) in [4.78, 5) is 23.5. The first-order valence-corrected chi connectivity index (χ1v) is 9.58. The van der Waals surface area contributed by atoms with E-state index in [4.69, 9.17) is 4.74 Å². The van der Waals surface area contributed by atoms with Crippen molar-refractivity contribution in [1.82, 2.24) is 0 Å². The zero-order valence-electron chi connectivity index (χ0n) is 16.2. The van der Waals surface area contributed by atoms with Crippen molar-refractivity contribution in [3.05, 3.63) is 59.7 Å². The molecule has 0 aromatic heterocycles. The number of carboxylic acids is 1. The lowest BCUT2D eigenvalue weighted by atomic mass is 9.87. The molecule has 0 aliphatic heterocycles. The van der Waals surface area contributed by atoms with Crippen molar-refractivity contribution in [2.45, 2.75) is 44.6 Å². The van der Waals surface area contributed by atoms with Gasteiger partial charge in [0.2, 0.25) is 0 Å². The lowest BCUT2D eigenvalue weighted by Gasteiger charge is -2.25. The zero-order chi connectivity index (χ0) is 20.3. The van der Waals surface area contributed by atoms with Gasteiger partial charge in [-0.25, -0.2) is 0 Å². The molecule has 5 nitrogen and oxygen atoms in total. The van der Waals surface area contributed by atoms with E-state index >= 15 is 0 Å². The highest BCUT2D eigenvalue weighted by Crippen LogP contribution is 2.44. The minimum atomic E-state index is -1.33. The molecule has 1 atom stereocenters. The van der Waals surface area contributed by atoms with Gasteiger partial charge in [0.15, 0.2) is 0 Å². The molecule has 0 fully saturated rings. The predicted molar refractivity (Wildman–Crippen MR) is 106 cm³/mol. The molecule has 0 unspecified atom stereocenters. The highest BCUT2D eigenvalue weighted by atomic mass is 16.5. The zero-order valence-corrected chi connectivity index (χ0v) is 16.2. The van der Waals surface area contributed by atoms with E-state index in [1.54, 1.807) is 0 Å². The van der Waals surface area contributed by atoms with Crippen LogP contribution >= 0.6 is 0 Å². The molecular formula is C23H26O5. The molecule has 0 heterocycles. The second-order valence-electron chi connectivity index (χ2n) is 7.85. The SMILES string of the molecule is CC(C)(O)[C@H](CCCC(=O)OCC1c2ccccc2-c2ccccc21)C(=O)O. The molecule has 28 heavy (non-hydrogen) atoms. The van der Waals surface area contributed by atoms with Crippen LogP contribution in [0.1, 0.15) is 50.2 Å². The highest BCUT2D eigenvalue weighted by molar-refractivity contribution is 5.79. The number of ether oxygens (including phenoxy) is 1. The first kappa shape index (κ1) is 20.1. The van der Waals surface area contributed by atoms with E-state index in [9.17, 15) is 19.8 Å². The number of aliphatic carboxylic acids is 1. The Hall–Kier alpha value is -2.66. The van der Waals surface area contributed by atoms with Crippen LogP contribution < -0.4 is 0 Å². The molecule has 2 N–H and O–H groups in total. The van der Waals surface area contributed by atoms with Crippen LogP contribution in [0.25, 0.3) is 11.1 Å². The maximum absolute atomic E-state index is 12.2. The van der Waals surface area contributed by atoms with Crippen LogP contribution in [0, 0.1) is 5.92 Å². The Morgan fingerprint density at radius 2 is 1.57 bits per heavy atom. The molecule has 0 bridgehead atoms. The van der Waals surface area contributed by atoms with E-state index in [2.05, 4.69) is 24.3 Å². The summed E-state index contributed by atoms with van der Waals surface area (Å²) in [5.41, 5.74) is 3.34. The topological polar surface area (TPSA) is 83.8 Å². The third-order valence-corrected chi connectivity index (χ3v) is 5.40. The Kier molecular flexibility index (Phi) is 5.84. The molecule has 0 spiro atoms. The summed E-state index contributed by atoms with van der Waals surface area (Å²) in [6.45, 7) is 3.21. The van der Waals surface area contributed by atoms with Crippen LogP contribution in [0.15, 0.2) is 48.5 Å². The van der Waals surface area contributed by atoms with Crippen LogP contribution in [0.5, 0.6) is 0 Å². The third-order valence-electron chi connectivity index (χ3n) is 5.40. The minimum absolute atomic E-state index is 0.0134. The Morgan fingerprint density at radius 3 is 2.07 bits per heavy atom. The average Bonchev–Trinajstić information content (AvgIpc) is 2.96. The van der Waals surface area contributed by atoms with Gasteiger partial charge in [0.25, 0.3) is 0 Å². The van der Waals surface area contributed by atoms with Crippen LogP contribution in [0.2, 0.25) is 0 Å². The van der Waals surface area contributed by atoms with Crippen molar-refractivity contribution < 1.29 is 24.5 Å². The van der Waals surface area contributed by atoms with E-state index < -0.39 is 17.5 Å². The molecule has 1 aliphatic carbocycles. The highest BCUT2D eigenvalue weighted by Gasteiger charge is 2.33. The van der Waals surface area contributed by atoms with Gasteiger partial charge in [-0.1, -0.05) is 48.5 Å². The Balaban J connectivity index is 1.57. The first-order valence-electron chi connectivity index (χ1n) is 9.58. The van der Waals surface area contributed by atoms with Crippen molar-refractivity contribution in [3.8, 4) is 11.1 Å². The maximum Gasteiger partial charge on any atom is 0.309 e. The van der Waals surface area contributed by atoms with Gasteiger partial charge in [-0.05, 0) is 48.9 Å². The molecule has 2 aromatic carbocycles. The van der Waals surface area contributed by atoms with Crippen molar-refractivity contribution in [1.29, 1.82) is 0 Å². The van der Waals surface area contributed by atoms with Gasteiger partial charge in [0.05, 0.1) is 11.5 Å². The summed E-state index contributed by atoms with van der Waals surface area (Å²) in [5.74, 6) is -2.30. The van der Waals surface area contributed by atoms with Crippen molar-refractivity contribution >= 4 is 11.9 Å². The second-order valence-corrected chi connectivity index (χ2v) is 7.85. The van der Waals surface area contributed by atoms with Crippen molar-refractivity contribution in [3.63, 3.8) is 0 Å². The van der Waals surface area contributed by atoms with E-state index in [-0.39, 0.29) is 31.3 Å². The summed E-state index contributed by atoms with van der Waals surface area (Å²) in [5, 5.41) is 19.2. The molecule has 1 aliphatic rings. The quantitative estimate of drug-likeness (QED) is 0.675. The van der Waals surface area contributed by atoms with Crippen molar-refractivity contribution in [2.24, 2.45) is 5.92 Å². The number of esters is 1. The van der Waals surface area contributed by atoms with Gasteiger partial charge in [-0.3, -0.25) is 9.59 Å². The van der Waals surface area contributed by atoms with Crippen LogP contribution in [-0.4, -0.2) is 34.4 Å². The lowest BCUT2D eigenvalue weighted by Crippen LogP contribution is -2.36. The molecule has 5 heteroatoms. The Bertz CT molecular complexity index is 820. The number of rotatable bonds is 8. The number of carboxylic acid groups (broad SMARTS) is 1. The number of hydrogen-bond acceptors (Lipinski definition) is 4. The first-order chi connectivity index (χ1) is 13.3. The number of carbonyl (C=O) groups excluding carboxylic acids is 1. The fourth-order valence-corrected chi connectivity index (χ4v) is 3.92. The molecule has 148 valence electrons. The molecule has 2 aromatic rings. The average molecular weight is 382 g/mol. The van der Waals surface area contributed by atoms with E-state index in [1.807, 2.05) is 24.3 Å². The normalized spacial score (nSPS) is 14.2. The van der Waals surface area contributed by atoms with E-state index in [1.165, 1.54) is 25.0 Å². The minimum Gasteiger partial charge on any atom is -0.481 e. The summed E-state index contributed by atoms with van der Waals surface area (Å²) >= 11 is 0. The van der Waals surface area contributed by atoms with Crippen LogP contribution in [0.3, 0.4) is 0 Å². The van der Waals surface area contributed by atoms with E-state index in [0.29, 0.717) is 6.42 Å². The smallest absolute Gasteiger partial charge is 0.309 e. The number of carbonyl (C=O) groups is 2. The summed E-state index contributed by atoms with van der Waals surface area (Å²) < 4.78 is 5.52. The molecule has 0 amide bonds. The fraction of sp³-hybridized carbons (Fsp3) is 0.391. The van der Waals surface area contributed by atoms with Gasteiger partial charge >= 0.3 is 11.9 Å². The van der Waals surface area contributed by atoms with Gasteiger partial charge in [0, 0.05) is 12.3 Å². The Labute approximate surface area is 165 Å². The number of fused-ring (bicyclic) bond motifs is 3. The fourth-order valence-electron chi connectivity index (χ4n) is 3.92. The lowest BCUT2D eigenvalue weighted by molar-refractivity contribution is -0.151. The van der Waals surface area contributed by atoms with Gasteiger partial charge in [-0.2, -0.15) is 0 Å². The number of benzene rings is 2. The molecule has 0 saturated heterocycles. The summed E-state index contributed by atoms with van der Waals surface area (Å²) in [7, 11) is 0. The number of hydrogen-bond donors (Lipinski definition) is 2. The third kappa shape index (κ3) is 4.25. The second kappa shape index (κ2) is 8.15. The molecular weight excluding hydrogens is 356 g/mol. The molecule has 3 rings (SSSR count). The Morgan fingerprint density at radius 1 is 1.04 bits per heavy atom. The van der Waals surface area contributed by atoms with Crippen molar-refractivity contribution in [2.75, 3.05) is 6.61 Å². The predicted octanol–water partition coefficient (Wildman–Crippen LogP) is 3.98. The number of aliphatic hydroxyl groups is 1. The molecule has 0 saturated carbocycles. The maximum atomic E-state index is 12.2. The monoisotopic (exact) mass is 382 g/mol. The van der Waals surface area contributed by atoms with Crippen LogP contribution in [-0.2, 0) is 14.3 Å². The van der Waals surface area contributed by atoms with E-state index in [0.717, 1.165) is 11.1 Å². The van der Waals surface area contributed by atoms with Gasteiger partial charge in [0.1, 0.15) is 6.61 Å².